The lowest BCUT2D eigenvalue weighted by atomic mass is 10.1. The standard InChI is InChI=1S/C48H77NO7/c1-6-8-10-12-14-16-18-20-22-23-24-25-27-29-31-33-35-37-39-47(51)56-44(42-54-41-40-45(48(52)53)49(3,4)5)43-55-46(50)38-36-34-32-30-28-26-21-19-17-15-13-11-9-7-2/h9-12,14-18,20-26,44-45H,6-8,13,19,27-43H2,1-5H3/b11-9+,12-10+,16-14+,17-15+,20-18+,23-22+,25-24+,26-21+. The number of likely N-dealkylation sites (N-methyl/N-ethyl adjacent to an activating group) is 1. The lowest BCUT2D eigenvalue weighted by Gasteiger charge is -2.34. The van der Waals surface area contributed by atoms with Crippen LogP contribution in [0, 0.1) is 0 Å². The fraction of sp³-hybridized carbons (Fsp3) is 0.604. The molecule has 0 radical (unpaired) electrons. The first kappa shape index (κ1) is 52.2. The van der Waals surface area contributed by atoms with E-state index in [4.69, 9.17) is 14.2 Å². The van der Waals surface area contributed by atoms with Crippen LogP contribution in [0.3, 0.4) is 0 Å². The zero-order chi connectivity index (χ0) is 41.4. The average Bonchev–Trinajstić information content (AvgIpc) is 3.15. The van der Waals surface area contributed by atoms with Crippen LogP contribution < -0.4 is 5.11 Å². The highest BCUT2D eigenvalue weighted by Crippen LogP contribution is 2.12. The Hall–Kier alpha value is -3.75. The number of carbonyl (C=O) groups is 3. The molecule has 56 heavy (non-hydrogen) atoms. The number of ether oxygens (including phenoxy) is 3. The molecular formula is C48H77NO7. The van der Waals surface area contributed by atoms with E-state index in [0.29, 0.717) is 6.42 Å². The number of esters is 2. The molecule has 0 aromatic carbocycles. The van der Waals surface area contributed by atoms with E-state index in [1.807, 2.05) is 36.5 Å². The van der Waals surface area contributed by atoms with Gasteiger partial charge in [0.05, 0.1) is 40.3 Å². The van der Waals surface area contributed by atoms with Crippen molar-refractivity contribution >= 4 is 17.9 Å². The van der Waals surface area contributed by atoms with Crippen molar-refractivity contribution in [3.05, 3.63) is 97.2 Å². The number of quaternary nitrogens is 1. The molecule has 0 amide bonds. The minimum Gasteiger partial charge on any atom is -0.544 e. The largest absolute Gasteiger partial charge is 0.544 e. The third kappa shape index (κ3) is 35.9. The number of hydrogen-bond acceptors (Lipinski definition) is 7. The van der Waals surface area contributed by atoms with Crippen LogP contribution in [0.4, 0.5) is 0 Å². The molecule has 0 aliphatic carbocycles. The van der Waals surface area contributed by atoms with Gasteiger partial charge in [-0.3, -0.25) is 9.59 Å². The van der Waals surface area contributed by atoms with Gasteiger partial charge in [0.15, 0.2) is 6.10 Å². The van der Waals surface area contributed by atoms with E-state index in [1.165, 1.54) is 6.42 Å². The molecule has 0 fully saturated rings. The van der Waals surface area contributed by atoms with Crippen LogP contribution in [-0.2, 0) is 28.6 Å². The summed E-state index contributed by atoms with van der Waals surface area (Å²) in [5.41, 5.74) is 0. The van der Waals surface area contributed by atoms with Crippen molar-refractivity contribution in [2.24, 2.45) is 0 Å². The summed E-state index contributed by atoms with van der Waals surface area (Å²) in [6, 6.07) is -0.740. The molecule has 0 rings (SSSR count). The van der Waals surface area contributed by atoms with Gasteiger partial charge in [0, 0.05) is 19.3 Å². The lowest BCUT2D eigenvalue weighted by Crippen LogP contribution is -2.55. The predicted octanol–water partition coefficient (Wildman–Crippen LogP) is 10.2. The molecule has 0 spiro atoms. The Morgan fingerprint density at radius 3 is 1.64 bits per heavy atom. The van der Waals surface area contributed by atoms with E-state index in [2.05, 4.69) is 74.6 Å². The van der Waals surface area contributed by atoms with Crippen LogP contribution in [-0.4, -0.2) is 75.5 Å². The molecule has 0 saturated heterocycles. The normalized spacial score (nSPS) is 13.9. The van der Waals surface area contributed by atoms with Gasteiger partial charge in [0.1, 0.15) is 12.6 Å². The highest BCUT2D eigenvalue weighted by Gasteiger charge is 2.25. The number of aliphatic carboxylic acids is 1. The molecule has 316 valence electrons. The average molecular weight is 780 g/mol. The SMILES string of the molecule is CC/C=C/C/C=C/C/C=C/CCCCCCC(=O)OCC(COCCC(C(=O)[O-])[N+](C)(C)C)OC(=O)CCCCCCC/C=C/C=C/C=C/C=C/C=C/CCC. The van der Waals surface area contributed by atoms with Gasteiger partial charge < -0.3 is 28.6 Å². The summed E-state index contributed by atoms with van der Waals surface area (Å²) in [6.45, 7) is 4.38. The first-order valence-electron chi connectivity index (χ1n) is 21.3. The Balaban J connectivity index is 4.49. The number of rotatable bonds is 36. The molecule has 0 bridgehead atoms. The summed E-state index contributed by atoms with van der Waals surface area (Å²) in [4.78, 5) is 36.8. The van der Waals surface area contributed by atoms with Crippen LogP contribution in [0.5, 0.6) is 0 Å². The fourth-order valence-electron chi connectivity index (χ4n) is 5.52. The first-order chi connectivity index (χ1) is 27.1. The lowest BCUT2D eigenvalue weighted by molar-refractivity contribution is -0.889. The predicted molar refractivity (Wildman–Crippen MR) is 231 cm³/mol. The number of hydrogen-bond donors (Lipinski definition) is 0. The fourth-order valence-corrected chi connectivity index (χ4v) is 5.52. The second-order valence-corrected chi connectivity index (χ2v) is 15.0. The Labute approximate surface area is 341 Å². The highest BCUT2D eigenvalue weighted by atomic mass is 16.6. The maximum atomic E-state index is 12.7. The Morgan fingerprint density at radius 2 is 1.07 bits per heavy atom. The molecule has 0 saturated carbocycles. The van der Waals surface area contributed by atoms with Gasteiger partial charge in [0.2, 0.25) is 0 Å². The Bertz CT molecular complexity index is 1230. The van der Waals surface area contributed by atoms with Crippen molar-refractivity contribution in [3.63, 3.8) is 0 Å². The van der Waals surface area contributed by atoms with E-state index < -0.39 is 18.1 Å². The molecule has 0 heterocycles. The molecule has 0 aliphatic heterocycles. The van der Waals surface area contributed by atoms with E-state index >= 15 is 0 Å². The van der Waals surface area contributed by atoms with Gasteiger partial charge in [-0.05, 0) is 64.2 Å². The van der Waals surface area contributed by atoms with Gasteiger partial charge in [-0.1, -0.05) is 150 Å². The topological polar surface area (TPSA) is 102 Å². The molecule has 8 heteroatoms. The van der Waals surface area contributed by atoms with Crippen LogP contribution in [0.1, 0.15) is 136 Å². The van der Waals surface area contributed by atoms with Crippen LogP contribution in [0.15, 0.2) is 97.2 Å². The second-order valence-electron chi connectivity index (χ2n) is 15.0. The van der Waals surface area contributed by atoms with E-state index in [-0.39, 0.29) is 49.1 Å². The molecule has 2 atom stereocenters. The Morgan fingerprint density at radius 1 is 0.571 bits per heavy atom. The summed E-state index contributed by atoms with van der Waals surface area (Å²) < 4.78 is 17.1. The molecule has 0 aliphatic rings. The summed E-state index contributed by atoms with van der Waals surface area (Å²) in [5.74, 6) is -1.81. The molecule has 8 nitrogen and oxygen atoms in total. The van der Waals surface area contributed by atoms with E-state index in [9.17, 15) is 19.5 Å². The minimum absolute atomic E-state index is 0.0158. The summed E-state index contributed by atoms with van der Waals surface area (Å²) in [7, 11) is 5.37. The van der Waals surface area contributed by atoms with Gasteiger partial charge in [-0.15, -0.1) is 0 Å². The summed E-state index contributed by atoms with van der Waals surface area (Å²) >= 11 is 0. The van der Waals surface area contributed by atoms with Crippen molar-refractivity contribution in [2.75, 3.05) is 41.0 Å². The molecule has 0 aromatic heterocycles. The van der Waals surface area contributed by atoms with Crippen molar-refractivity contribution in [1.29, 1.82) is 0 Å². The van der Waals surface area contributed by atoms with Gasteiger partial charge >= 0.3 is 11.9 Å². The number of allylic oxidation sites excluding steroid dienone is 16. The van der Waals surface area contributed by atoms with Gasteiger partial charge in [-0.2, -0.15) is 0 Å². The van der Waals surface area contributed by atoms with Crippen LogP contribution >= 0.6 is 0 Å². The monoisotopic (exact) mass is 780 g/mol. The van der Waals surface area contributed by atoms with E-state index in [0.717, 1.165) is 96.3 Å². The quantitative estimate of drug-likeness (QED) is 0.0205. The Kier molecular flexibility index (Phi) is 35.6. The maximum absolute atomic E-state index is 12.7. The smallest absolute Gasteiger partial charge is 0.306 e. The van der Waals surface area contributed by atoms with Crippen molar-refractivity contribution in [2.45, 2.75) is 148 Å². The maximum Gasteiger partial charge on any atom is 0.306 e. The molecular weight excluding hydrogens is 703 g/mol. The highest BCUT2D eigenvalue weighted by molar-refractivity contribution is 5.70. The first-order valence-corrected chi connectivity index (χ1v) is 21.3. The third-order valence-electron chi connectivity index (χ3n) is 8.81. The van der Waals surface area contributed by atoms with Crippen LogP contribution in [0.25, 0.3) is 0 Å². The van der Waals surface area contributed by atoms with Gasteiger partial charge in [-0.25, -0.2) is 0 Å². The van der Waals surface area contributed by atoms with Gasteiger partial charge in [0.25, 0.3) is 0 Å². The second kappa shape index (κ2) is 38.1. The summed E-state index contributed by atoms with van der Waals surface area (Å²) in [6.07, 6.45) is 49.9. The number of carboxylic acids is 1. The van der Waals surface area contributed by atoms with Crippen molar-refractivity contribution in [1.82, 2.24) is 0 Å². The van der Waals surface area contributed by atoms with E-state index in [1.54, 1.807) is 21.1 Å². The number of carboxylic acid groups (broad SMARTS) is 1. The molecule has 0 N–H and O–H groups in total. The van der Waals surface area contributed by atoms with Crippen molar-refractivity contribution < 1.29 is 38.2 Å². The number of carbonyl (C=O) groups excluding carboxylic acids is 3. The zero-order valence-corrected chi connectivity index (χ0v) is 35.8. The minimum atomic E-state index is -1.14. The number of unbranched alkanes of at least 4 members (excludes halogenated alkanes) is 10. The summed E-state index contributed by atoms with van der Waals surface area (Å²) in [5, 5.41) is 11.6. The van der Waals surface area contributed by atoms with Crippen molar-refractivity contribution in [3.8, 4) is 0 Å². The zero-order valence-electron chi connectivity index (χ0n) is 35.8. The van der Waals surface area contributed by atoms with Crippen LogP contribution in [0.2, 0.25) is 0 Å². The number of nitrogens with zero attached hydrogens (tertiary/aromatic N) is 1. The molecule has 2 unspecified atom stereocenters. The molecule has 0 aromatic rings. The third-order valence-corrected chi connectivity index (χ3v) is 8.81.